The van der Waals surface area contributed by atoms with Gasteiger partial charge in [0.15, 0.2) is 0 Å². The van der Waals surface area contributed by atoms with Crippen LogP contribution in [-0.2, 0) is 14.3 Å². The summed E-state index contributed by atoms with van der Waals surface area (Å²) < 4.78 is 7.44. The zero-order valence-corrected chi connectivity index (χ0v) is 17.8. The van der Waals surface area contributed by atoms with Crippen LogP contribution in [0.15, 0.2) is 24.3 Å². The van der Waals surface area contributed by atoms with E-state index in [-0.39, 0.29) is 30.4 Å². The number of thiocarbonyl (C=S) groups is 1. The number of thioether (sulfide) groups is 1. The summed E-state index contributed by atoms with van der Waals surface area (Å²) in [5.74, 6) is -0.358. The number of amides is 2. The first kappa shape index (κ1) is 19.1. The van der Waals surface area contributed by atoms with Gasteiger partial charge in [-0.3, -0.25) is 9.59 Å². The Balaban J connectivity index is 1.68. The van der Waals surface area contributed by atoms with E-state index in [9.17, 15) is 9.59 Å². The smallest absolute Gasteiger partial charge is 0.247 e. The summed E-state index contributed by atoms with van der Waals surface area (Å²) in [6.45, 7) is 5.45. The van der Waals surface area contributed by atoms with Gasteiger partial charge < -0.3 is 9.64 Å². The molecule has 0 aliphatic carbocycles. The van der Waals surface area contributed by atoms with Crippen LogP contribution < -0.4 is 4.90 Å². The summed E-state index contributed by atoms with van der Waals surface area (Å²) >= 11 is 9.04. The zero-order chi connectivity index (χ0) is 18.1. The van der Waals surface area contributed by atoms with Crippen molar-refractivity contribution in [2.75, 3.05) is 18.0 Å². The fourth-order valence-electron chi connectivity index (χ4n) is 3.08. The normalized spacial score (nSPS) is 27.1. The molecule has 1 aromatic carbocycles. The number of rotatable bonds is 2. The second-order valence-corrected chi connectivity index (χ2v) is 9.36. The molecule has 3 atom stereocenters. The third-order valence-electron chi connectivity index (χ3n) is 4.11. The molecule has 2 heterocycles. The number of carbonyl (C=O) groups excluding carboxylic acids is 2. The standard InChI is InChI=1S/C17H19IN2O3S2/c1-10-8-19(9-11(2)23-10)17(24)25-14-7-15(21)20(16(14)22)13-5-3-12(18)4-6-13/h3-6,10-11,14H,7-9H2,1-2H3/t10-,11+,14-/m0/s1. The van der Waals surface area contributed by atoms with Gasteiger partial charge in [-0.15, -0.1) is 0 Å². The fraction of sp³-hybridized carbons (Fsp3) is 0.471. The van der Waals surface area contributed by atoms with Gasteiger partial charge in [-0.05, 0) is 60.7 Å². The molecule has 0 aromatic heterocycles. The van der Waals surface area contributed by atoms with Crippen LogP contribution in [0.2, 0.25) is 0 Å². The topological polar surface area (TPSA) is 49.9 Å². The average Bonchev–Trinajstić information content (AvgIpc) is 2.81. The molecule has 8 heteroatoms. The molecular formula is C17H19IN2O3S2. The zero-order valence-electron chi connectivity index (χ0n) is 14.0. The minimum absolute atomic E-state index is 0.103. The Bertz CT molecular complexity index is 688. The van der Waals surface area contributed by atoms with E-state index >= 15 is 0 Å². The predicted molar refractivity (Wildman–Crippen MR) is 112 cm³/mol. The highest BCUT2D eigenvalue weighted by molar-refractivity contribution is 14.1. The van der Waals surface area contributed by atoms with E-state index < -0.39 is 5.25 Å². The van der Waals surface area contributed by atoms with E-state index in [0.717, 1.165) is 3.57 Å². The number of morpholine rings is 1. The molecule has 25 heavy (non-hydrogen) atoms. The third-order valence-corrected chi connectivity index (χ3v) is 6.49. The van der Waals surface area contributed by atoms with Crippen molar-refractivity contribution >= 4 is 68.4 Å². The van der Waals surface area contributed by atoms with Crippen LogP contribution in [-0.4, -0.2) is 51.6 Å². The van der Waals surface area contributed by atoms with E-state index in [2.05, 4.69) is 27.5 Å². The molecule has 0 N–H and O–H groups in total. The number of imide groups is 1. The quantitative estimate of drug-likeness (QED) is 0.361. The number of anilines is 1. The van der Waals surface area contributed by atoms with Crippen molar-refractivity contribution in [3.63, 3.8) is 0 Å². The van der Waals surface area contributed by atoms with Crippen molar-refractivity contribution in [1.29, 1.82) is 0 Å². The van der Waals surface area contributed by atoms with Gasteiger partial charge in [0.2, 0.25) is 11.8 Å². The predicted octanol–water partition coefficient (Wildman–Crippen LogP) is 3.05. The molecule has 0 radical (unpaired) electrons. The van der Waals surface area contributed by atoms with Gasteiger partial charge in [-0.25, -0.2) is 4.90 Å². The summed E-state index contributed by atoms with van der Waals surface area (Å²) in [4.78, 5) is 28.4. The van der Waals surface area contributed by atoms with Gasteiger partial charge in [0.1, 0.15) is 9.57 Å². The molecule has 0 saturated carbocycles. The monoisotopic (exact) mass is 490 g/mol. The number of benzene rings is 1. The number of ether oxygens (including phenoxy) is 1. The molecule has 2 saturated heterocycles. The molecule has 0 unspecified atom stereocenters. The van der Waals surface area contributed by atoms with Crippen molar-refractivity contribution in [1.82, 2.24) is 4.90 Å². The molecule has 2 aliphatic heterocycles. The highest BCUT2D eigenvalue weighted by Crippen LogP contribution is 2.32. The summed E-state index contributed by atoms with van der Waals surface area (Å²) in [7, 11) is 0. The second kappa shape index (κ2) is 7.89. The van der Waals surface area contributed by atoms with Gasteiger partial charge in [0.05, 0.1) is 17.9 Å². The Kier molecular flexibility index (Phi) is 6.02. The first-order valence-corrected chi connectivity index (χ1v) is 10.4. The largest absolute Gasteiger partial charge is 0.372 e. The minimum Gasteiger partial charge on any atom is -0.372 e. The van der Waals surface area contributed by atoms with E-state index in [1.807, 2.05) is 26.0 Å². The summed E-state index contributed by atoms with van der Waals surface area (Å²) in [5.41, 5.74) is 0.623. The van der Waals surface area contributed by atoms with Crippen LogP contribution in [0.3, 0.4) is 0 Å². The van der Waals surface area contributed by atoms with Crippen LogP contribution in [0, 0.1) is 3.57 Å². The Hall–Kier alpha value is -0.710. The Labute approximate surface area is 170 Å². The Morgan fingerprint density at radius 2 is 1.80 bits per heavy atom. The molecule has 134 valence electrons. The molecule has 1 aromatic rings. The van der Waals surface area contributed by atoms with Crippen molar-refractivity contribution < 1.29 is 14.3 Å². The van der Waals surface area contributed by atoms with Gasteiger partial charge in [-0.1, -0.05) is 24.0 Å². The van der Waals surface area contributed by atoms with Crippen LogP contribution in [0.25, 0.3) is 0 Å². The first-order chi connectivity index (χ1) is 11.8. The molecule has 0 spiro atoms. The SMILES string of the molecule is C[C@@H]1CN(C(=S)S[C@H]2CC(=O)N(c3ccc(I)cc3)C2=O)C[C@H](C)O1. The number of carbonyl (C=O) groups is 2. The van der Waals surface area contributed by atoms with Crippen LogP contribution in [0.1, 0.15) is 20.3 Å². The average molecular weight is 490 g/mol. The van der Waals surface area contributed by atoms with Crippen molar-refractivity contribution in [3.05, 3.63) is 27.8 Å². The lowest BCUT2D eigenvalue weighted by molar-refractivity contribution is -0.121. The summed E-state index contributed by atoms with van der Waals surface area (Å²) in [5, 5.41) is -0.451. The number of hydrogen-bond donors (Lipinski definition) is 0. The summed E-state index contributed by atoms with van der Waals surface area (Å²) in [6.07, 6.45) is 0.392. The van der Waals surface area contributed by atoms with Crippen LogP contribution >= 0.6 is 46.6 Å². The fourth-order valence-corrected chi connectivity index (χ4v) is 4.91. The van der Waals surface area contributed by atoms with Crippen molar-refractivity contribution in [3.8, 4) is 0 Å². The van der Waals surface area contributed by atoms with Crippen molar-refractivity contribution in [2.24, 2.45) is 0 Å². The van der Waals surface area contributed by atoms with Gasteiger partial charge in [0, 0.05) is 23.1 Å². The molecule has 2 aliphatic rings. The maximum Gasteiger partial charge on any atom is 0.247 e. The lowest BCUT2D eigenvalue weighted by Crippen LogP contribution is -2.47. The van der Waals surface area contributed by atoms with Gasteiger partial charge in [0.25, 0.3) is 0 Å². The Morgan fingerprint density at radius 3 is 2.40 bits per heavy atom. The molecule has 2 amide bonds. The van der Waals surface area contributed by atoms with Crippen molar-refractivity contribution in [2.45, 2.75) is 37.7 Å². The molecule has 0 bridgehead atoms. The van der Waals surface area contributed by atoms with E-state index in [4.69, 9.17) is 17.0 Å². The lowest BCUT2D eigenvalue weighted by Gasteiger charge is -2.36. The molecule has 5 nitrogen and oxygen atoms in total. The van der Waals surface area contributed by atoms with Gasteiger partial charge >= 0.3 is 0 Å². The Morgan fingerprint density at radius 1 is 1.20 bits per heavy atom. The second-order valence-electron chi connectivity index (χ2n) is 6.28. The maximum absolute atomic E-state index is 12.7. The molecular weight excluding hydrogens is 471 g/mol. The van der Waals surface area contributed by atoms with Crippen LogP contribution in [0.4, 0.5) is 5.69 Å². The van der Waals surface area contributed by atoms with Crippen LogP contribution in [0.5, 0.6) is 0 Å². The number of hydrogen-bond acceptors (Lipinski definition) is 5. The van der Waals surface area contributed by atoms with E-state index in [0.29, 0.717) is 23.1 Å². The first-order valence-electron chi connectivity index (χ1n) is 8.08. The van der Waals surface area contributed by atoms with E-state index in [1.54, 1.807) is 12.1 Å². The number of nitrogens with zero attached hydrogens (tertiary/aromatic N) is 2. The maximum atomic E-state index is 12.7. The molecule has 2 fully saturated rings. The molecule has 3 rings (SSSR count). The number of halogens is 1. The van der Waals surface area contributed by atoms with E-state index in [1.165, 1.54) is 16.7 Å². The highest BCUT2D eigenvalue weighted by Gasteiger charge is 2.41. The summed E-state index contributed by atoms with van der Waals surface area (Å²) in [6, 6.07) is 7.37. The lowest BCUT2D eigenvalue weighted by atomic mass is 10.2. The van der Waals surface area contributed by atoms with Gasteiger partial charge in [-0.2, -0.15) is 0 Å². The highest BCUT2D eigenvalue weighted by atomic mass is 127. The third kappa shape index (κ3) is 4.35. The minimum atomic E-state index is -0.451.